The Hall–Kier alpha value is -0.700. The van der Waals surface area contributed by atoms with Crippen LogP contribution in [-0.4, -0.2) is 42.4 Å². The molecule has 1 heterocycles. The maximum atomic E-state index is 11.1. The average molecular weight is 248 g/mol. The normalized spacial score (nSPS) is 33.9. The van der Waals surface area contributed by atoms with Crippen molar-refractivity contribution in [2.45, 2.75) is 24.9 Å². The van der Waals surface area contributed by atoms with E-state index in [1.165, 1.54) is 4.31 Å². The van der Waals surface area contributed by atoms with Crippen LogP contribution in [0.1, 0.15) is 19.3 Å². The fraction of sp³-hybridized carbons (Fsp3) is 0.875. The standard InChI is InChI=1S/C8H16N4O3S/c9-6(10)8(13)5-7(8)1-3-12(4-2-7)16(11,14)15/h13H,1-5H2,(H3,9,10)(H2,11,14,15)/t8-/m0/s1. The summed E-state index contributed by atoms with van der Waals surface area (Å²) in [6, 6.07) is 0. The van der Waals surface area contributed by atoms with Crippen LogP contribution in [0.3, 0.4) is 0 Å². The van der Waals surface area contributed by atoms with Crippen molar-refractivity contribution in [3.8, 4) is 0 Å². The third kappa shape index (κ3) is 1.53. The minimum Gasteiger partial charge on any atom is -0.385 e. The van der Waals surface area contributed by atoms with Crippen molar-refractivity contribution in [2.75, 3.05) is 13.1 Å². The maximum absolute atomic E-state index is 11.1. The molecule has 6 N–H and O–H groups in total. The van der Waals surface area contributed by atoms with E-state index in [0.717, 1.165) is 0 Å². The SMILES string of the molecule is N=C(N)[C@@]1(O)CC12CCN(S(N)(=O)=O)CC2. The molecular formula is C8H16N4O3S. The maximum Gasteiger partial charge on any atom is 0.276 e. The number of aliphatic hydroxyl groups is 1. The number of nitrogens with one attached hydrogen (secondary N) is 1. The molecule has 16 heavy (non-hydrogen) atoms. The zero-order valence-electron chi connectivity index (χ0n) is 8.81. The molecule has 0 aromatic carbocycles. The molecule has 0 radical (unpaired) electrons. The van der Waals surface area contributed by atoms with E-state index >= 15 is 0 Å². The molecule has 0 aromatic heterocycles. The topological polar surface area (TPSA) is 134 Å². The van der Waals surface area contributed by atoms with Crippen molar-refractivity contribution in [1.29, 1.82) is 5.41 Å². The fourth-order valence-electron chi connectivity index (χ4n) is 2.59. The van der Waals surface area contributed by atoms with E-state index in [2.05, 4.69) is 0 Å². The van der Waals surface area contributed by atoms with E-state index in [-0.39, 0.29) is 18.9 Å². The predicted molar refractivity (Wildman–Crippen MR) is 57.8 cm³/mol. The molecule has 0 amide bonds. The van der Waals surface area contributed by atoms with Gasteiger partial charge >= 0.3 is 0 Å². The molecule has 1 saturated carbocycles. The van der Waals surface area contributed by atoms with Crippen molar-refractivity contribution in [3.05, 3.63) is 0 Å². The van der Waals surface area contributed by atoms with E-state index in [0.29, 0.717) is 19.3 Å². The Morgan fingerprint density at radius 1 is 1.38 bits per heavy atom. The van der Waals surface area contributed by atoms with Crippen LogP contribution in [0.5, 0.6) is 0 Å². The second kappa shape index (κ2) is 3.16. The van der Waals surface area contributed by atoms with Crippen molar-refractivity contribution < 1.29 is 13.5 Å². The molecular weight excluding hydrogens is 232 g/mol. The van der Waals surface area contributed by atoms with Crippen LogP contribution in [0.2, 0.25) is 0 Å². The number of rotatable bonds is 2. The minimum absolute atomic E-state index is 0.225. The monoisotopic (exact) mass is 248 g/mol. The van der Waals surface area contributed by atoms with Gasteiger partial charge in [-0.2, -0.15) is 12.7 Å². The quantitative estimate of drug-likeness (QED) is 0.344. The summed E-state index contributed by atoms with van der Waals surface area (Å²) in [6.07, 6.45) is 1.45. The molecule has 2 aliphatic rings. The van der Waals surface area contributed by atoms with Gasteiger partial charge in [-0.25, -0.2) is 5.14 Å². The Labute approximate surface area is 94.1 Å². The van der Waals surface area contributed by atoms with Gasteiger partial charge in [0.25, 0.3) is 10.2 Å². The minimum atomic E-state index is -3.64. The largest absolute Gasteiger partial charge is 0.385 e. The van der Waals surface area contributed by atoms with Crippen LogP contribution >= 0.6 is 0 Å². The van der Waals surface area contributed by atoms with E-state index in [1.807, 2.05) is 0 Å². The number of nitrogens with two attached hydrogens (primary N) is 2. The molecule has 2 rings (SSSR count). The first-order valence-corrected chi connectivity index (χ1v) is 6.56. The molecule has 1 aliphatic carbocycles. The van der Waals surface area contributed by atoms with Gasteiger partial charge in [-0.15, -0.1) is 0 Å². The molecule has 1 aliphatic heterocycles. The van der Waals surface area contributed by atoms with Crippen molar-refractivity contribution in [3.63, 3.8) is 0 Å². The summed E-state index contributed by atoms with van der Waals surface area (Å²) >= 11 is 0. The van der Waals surface area contributed by atoms with E-state index in [9.17, 15) is 13.5 Å². The number of amidine groups is 1. The van der Waals surface area contributed by atoms with Crippen molar-refractivity contribution >= 4 is 16.0 Å². The van der Waals surface area contributed by atoms with Crippen LogP contribution in [0.25, 0.3) is 0 Å². The Morgan fingerprint density at radius 3 is 2.19 bits per heavy atom. The fourth-order valence-corrected chi connectivity index (χ4v) is 3.28. The summed E-state index contributed by atoms with van der Waals surface area (Å²) in [5, 5.41) is 22.4. The summed E-state index contributed by atoms with van der Waals surface area (Å²) in [5.74, 6) is -0.225. The average Bonchev–Trinajstić information content (AvgIpc) is 2.72. The zero-order chi connectivity index (χ0) is 12.2. The lowest BCUT2D eigenvalue weighted by Gasteiger charge is -2.31. The van der Waals surface area contributed by atoms with Gasteiger partial charge in [-0.1, -0.05) is 0 Å². The first-order valence-electron chi connectivity index (χ1n) is 5.06. The lowest BCUT2D eigenvalue weighted by molar-refractivity contribution is 0.125. The molecule has 92 valence electrons. The number of nitrogens with zero attached hydrogens (tertiary/aromatic N) is 1. The summed E-state index contributed by atoms with van der Waals surface area (Å²) in [4.78, 5) is 0. The molecule has 0 aromatic rings. The molecule has 0 unspecified atom stereocenters. The summed E-state index contributed by atoms with van der Waals surface area (Å²) in [7, 11) is -3.64. The van der Waals surface area contributed by atoms with Gasteiger partial charge in [0.2, 0.25) is 0 Å². The van der Waals surface area contributed by atoms with Gasteiger partial charge < -0.3 is 10.8 Å². The number of piperidine rings is 1. The van der Waals surface area contributed by atoms with Gasteiger partial charge in [-0.05, 0) is 19.3 Å². The van der Waals surface area contributed by atoms with Crippen LogP contribution in [-0.2, 0) is 10.2 Å². The zero-order valence-corrected chi connectivity index (χ0v) is 9.63. The van der Waals surface area contributed by atoms with Crippen LogP contribution in [0.15, 0.2) is 0 Å². The predicted octanol–water partition coefficient (Wildman–Crippen LogP) is -1.66. The lowest BCUT2D eigenvalue weighted by Crippen LogP contribution is -2.46. The highest BCUT2D eigenvalue weighted by atomic mass is 32.2. The molecule has 2 fully saturated rings. The highest BCUT2D eigenvalue weighted by Gasteiger charge is 2.69. The Morgan fingerprint density at radius 2 is 1.88 bits per heavy atom. The van der Waals surface area contributed by atoms with E-state index in [1.54, 1.807) is 0 Å². The summed E-state index contributed by atoms with van der Waals surface area (Å²) in [6.45, 7) is 0.572. The van der Waals surface area contributed by atoms with Gasteiger partial charge in [-0.3, -0.25) is 5.41 Å². The molecule has 7 nitrogen and oxygen atoms in total. The highest BCUT2D eigenvalue weighted by Crippen LogP contribution is 2.62. The van der Waals surface area contributed by atoms with Crippen LogP contribution < -0.4 is 10.9 Å². The Bertz CT molecular complexity index is 427. The van der Waals surface area contributed by atoms with Gasteiger partial charge in [0.1, 0.15) is 11.4 Å². The number of hydrogen-bond acceptors (Lipinski definition) is 4. The Kier molecular flexibility index (Phi) is 2.32. The Balaban J connectivity index is 2.06. The first kappa shape index (κ1) is 11.8. The number of hydrogen-bond donors (Lipinski definition) is 4. The van der Waals surface area contributed by atoms with E-state index in [4.69, 9.17) is 16.3 Å². The molecule has 8 heteroatoms. The van der Waals surface area contributed by atoms with Crippen LogP contribution in [0.4, 0.5) is 0 Å². The lowest BCUT2D eigenvalue weighted by atomic mass is 9.90. The second-order valence-corrected chi connectivity index (χ2v) is 6.22. The summed E-state index contributed by atoms with van der Waals surface area (Å²) < 4.78 is 23.4. The third-order valence-corrected chi connectivity index (χ3v) is 4.92. The molecule has 1 saturated heterocycles. The first-order chi connectivity index (χ1) is 7.21. The van der Waals surface area contributed by atoms with Gasteiger partial charge in [0.15, 0.2) is 0 Å². The molecule has 1 atom stereocenters. The smallest absolute Gasteiger partial charge is 0.276 e. The van der Waals surface area contributed by atoms with Crippen molar-refractivity contribution in [1.82, 2.24) is 4.31 Å². The second-order valence-electron chi connectivity index (χ2n) is 4.68. The van der Waals surface area contributed by atoms with Crippen LogP contribution in [0, 0.1) is 10.8 Å². The molecule has 1 spiro atoms. The highest BCUT2D eigenvalue weighted by molar-refractivity contribution is 7.86. The van der Waals surface area contributed by atoms with Gasteiger partial charge in [0.05, 0.1) is 0 Å². The molecule has 0 bridgehead atoms. The third-order valence-electron chi connectivity index (χ3n) is 3.83. The van der Waals surface area contributed by atoms with Crippen molar-refractivity contribution in [2.24, 2.45) is 16.3 Å². The summed E-state index contributed by atoms with van der Waals surface area (Å²) in [5.41, 5.74) is 3.71. The van der Waals surface area contributed by atoms with E-state index < -0.39 is 21.2 Å². The van der Waals surface area contributed by atoms with Gasteiger partial charge in [0, 0.05) is 18.5 Å².